The molecule has 1 aromatic carbocycles. The van der Waals surface area contributed by atoms with Crippen molar-refractivity contribution in [3.8, 4) is 6.07 Å². The van der Waals surface area contributed by atoms with Gasteiger partial charge in [-0.05, 0) is 47.8 Å². The summed E-state index contributed by atoms with van der Waals surface area (Å²) in [5.41, 5.74) is 1.46. The number of nitrogens with one attached hydrogen (secondary N) is 1. The second-order valence-corrected chi connectivity index (χ2v) is 4.55. The Morgan fingerprint density at radius 1 is 1.56 bits per heavy atom. The zero-order valence-corrected chi connectivity index (χ0v) is 10.8. The molecule has 4 heteroatoms. The molecule has 0 heterocycles. The summed E-state index contributed by atoms with van der Waals surface area (Å²) >= 11 is 3.34. The van der Waals surface area contributed by atoms with Gasteiger partial charge in [-0.2, -0.15) is 5.26 Å². The molecule has 0 fully saturated rings. The van der Waals surface area contributed by atoms with E-state index in [9.17, 15) is 0 Å². The van der Waals surface area contributed by atoms with E-state index in [1.165, 1.54) is 0 Å². The van der Waals surface area contributed by atoms with E-state index >= 15 is 0 Å². The van der Waals surface area contributed by atoms with Gasteiger partial charge in [0.05, 0.1) is 17.4 Å². The van der Waals surface area contributed by atoms with Gasteiger partial charge < -0.3 is 10.4 Å². The van der Waals surface area contributed by atoms with Gasteiger partial charge in [0.2, 0.25) is 0 Å². The highest BCUT2D eigenvalue weighted by atomic mass is 79.9. The topological polar surface area (TPSA) is 56.0 Å². The normalized spacial score (nSPS) is 11.9. The lowest BCUT2D eigenvalue weighted by molar-refractivity contribution is 0.183. The van der Waals surface area contributed by atoms with E-state index in [0.717, 1.165) is 29.5 Å². The van der Waals surface area contributed by atoms with Crippen LogP contribution >= 0.6 is 15.9 Å². The molecule has 0 radical (unpaired) electrons. The van der Waals surface area contributed by atoms with Crippen LogP contribution in [0.4, 0.5) is 5.69 Å². The number of nitrogens with zero attached hydrogens (tertiary/aromatic N) is 1. The summed E-state index contributed by atoms with van der Waals surface area (Å²) < 4.78 is 0.801. The van der Waals surface area contributed by atoms with Crippen LogP contribution in [-0.2, 0) is 0 Å². The fourth-order valence-corrected chi connectivity index (χ4v) is 1.86. The Hall–Kier alpha value is -1.05. The molecule has 0 bridgehead atoms. The summed E-state index contributed by atoms with van der Waals surface area (Å²) in [4.78, 5) is 0. The molecule has 1 aromatic rings. The van der Waals surface area contributed by atoms with E-state index in [-0.39, 0.29) is 6.10 Å². The van der Waals surface area contributed by atoms with E-state index in [4.69, 9.17) is 10.4 Å². The number of benzene rings is 1. The SMILES string of the molecule is CC(O)CCCNc1cccc(Br)c1C#N. The maximum Gasteiger partial charge on any atom is 0.103 e. The van der Waals surface area contributed by atoms with E-state index in [1.54, 1.807) is 6.92 Å². The first-order chi connectivity index (χ1) is 7.65. The molecule has 0 aliphatic rings. The van der Waals surface area contributed by atoms with Crippen LogP contribution < -0.4 is 5.32 Å². The third kappa shape index (κ3) is 3.84. The molecule has 3 nitrogen and oxygen atoms in total. The van der Waals surface area contributed by atoms with Gasteiger partial charge in [-0.25, -0.2) is 0 Å². The molecule has 0 spiro atoms. The van der Waals surface area contributed by atoms with Crippen LogP contribution in [0, 0.1) is 11.3 Å². The smallest absolute Gasteiger partial charge is 0.103 e. The molecule has 2 N–H and O–H groups in total. The minimum absolute atomic E-state index is 0.264. The monoisotopic (exact) mass is 282 g/mol. The highest BCUT2D eigenvalue weighted by Gasteiger charge is 2.04. The van der Waals surface area contributed by atoms with Crippen LogP contribution in [0.25, 0.3) is 0 Å². The van der Waals surface area contributed by atoms with Gasteiger partial charge in [0.25, 0.3) is 0 Å². The maximum atomic E-state index is 9.11. The number of hydrogen-bond acceptors (Lipinski definition) is 3. The maximum absolute atomic E-state index is 9.11. The van der Waals surface area contributed by atoms with E-state index in [0.29, 0.717) is 5.56 Å². The molecule has 0 aliphatic carbocycles. The Balaban J connectivity index is 2.54. The van der Waals surface area contributed by atoms with Crippen molar-refractivity contribution >= 4 is 21.6 Å². The predicted octanol–water partition coefficient (Wildman–Crippen LogP) is 2.89. The van der Waals surface area contributed by atoms with Crippen LogP contribution in [0.3, 0.4) is 0 Å². The molecule has 0 aliphatic heterocycles. The van der Waals surface area contributed by atoms with E-state index in [2.05, 4.69) is 27.3 Å². The zero-order chi connectivity index (χ0) is 12.0. The molecule has 0 aromatic heterocycles. The third-order valence-corrected chi connectivity index (χ3v) is 2.90. The summed E-state index contributed by atoms with van der Waals surface area (Å²) in [7, 11) is 0. The van der Waals surface area contributed by atoms with Crippen LogP contribution in [0.5, 0.6) is 0 Å². The van der Waals surface area contributed by atoms with Crippen molar-refractivity contribution in [2.24, 2.45) is 0 Å². The minimum atomic E-state index is -0.264. The van der Waals surface area contributed by atoms with Gasteiger partial charge in [-0.1, -0.05) is 6.07 Å². The summed E-state index contributed by atoms with van der Waals surface area (Å²) in [6.07, 6.45) is 1.39. The molecule has 0 saturated heterocycles. The Kier molecular flexibility index (Phi) is 5.30. The average Bonchev–Trinajstić information content (AvgIpc) is 2.24. The van der Waals surface area contributed by atoms with Crippen molar-refractivity contribution in [3.63, 3.8) is 0 Å². The average molecular weight is 283 g/mol. The predicted molar refractivity (Wildman–Crippen MR) is 68.3 cm³/mol. The van der Waals surface area contributed by atoms with Crippen molar-refractivity contribution in [2.45, 2.75) is 25.9 Å². The van der Waals surface area contributed by atoms with Crippen molar-refractivity contribution < 1.29 is 5.11 Å². The zero-order valence-electron chi connectivity index (χ0n) is 9.20. The fraction of sp³-hybridized carbons (Fsp3) is 0.417. The quantitative estimate of drug-likeness (QED) is 0.817. The number of anilines is 1. The van der Waals surface area contributed by atoms with Gasteiger partial charge in [0.1, 0.15) is 6.07 Å². The van der Waals surface area contributed by atoms with Crippen LogP contribution in [0.1, 0.15) is 25.3 Å². The molecular formula is C12H15BrN2O. The molecular weight excluding hydrogens is 268 g/mol. The number of rotatable bonds is 5. The number of halogens is 1. The van der Waals surface area contributed by atoms with Gasteiger partial charge in [0.15, 0.2) is 0 Å². The van der Waals surface area contributed by atoms with Crippen molar-refractivity contribution in [3.05, 3.63) is 28.2 Å². The Labute approximate surface area is 104 Å². The molecule has 1 unspecified atom stereocenters. The van der Waals surface area contributed by atoms with Crippen LogP contribution in [0.2, 0.25) is 0 Å². The Bertz CT molecular complexity index is 385. The minimum Gasteiger partial charge on any atom is -0.393 e. The lowest BCUT2D eigenvalue weighted by atomic mass is 10.2. The first kappa shape index (κ1) is 13.0. The summed E-state index contributed by atoms with van der Waals surface area (Å²) in [6.45, 7) is 2.54. The largest absolute Gasteiger partial charge is 0.393 e. The van der Waals surface area contributed by atoms with Crippen LogP contribution in [-0.4, -0.2) is 17.8 Å². The fourth-order valence-electron chi connectivity index (χ4n) is 1.41. The van der Waals surface area contributed by atoms with Crippen molar-refractivity contribution in [2.75, 3.05) is 11.9 Å². The highest BCUT2D eigenvalue weighted by molar-refractivity contribution is 9.10. The molecule has 0 saturated carbocycles. The highest BCUT2D eigenvalue weighted by Crippen LogP contribution is 2.23. The van der Waals surface area contributed by atoms with Crippen molar-refractivity contribution in [1.82, 2.24) is 0 Å². The molecule has 0 amide bonds. The second-order valence-electron chi connectivity index (χ2n) is 3.69. The Morgan fingerprint density at radius 2 is 2.31 bits per heavy atom. The molecule has 86 valence electrons. The Morgan fingerprint density at radius 3 is 2.94 bits per heavy atom. The number of aliphatic hydroxyl groups is 1. The number of nitriles is 1. The lowest BCUT2D eigenvalue weighted by Crippen LogP contribution is -2.07. The second kappa shape index (κ2) is 6.51. The molecule has 1 rings (SSSR count). The van der Waals surface area contributed by atoms with E-state index < -0.39 is 0 Å². The van der Waals surface area contributed by atoms with Gasteiger partial charge in [-0.3, -0.25) is 0 Å². The first-order valence-electron chi connectivity index (χ1n) is 5.25. The van der Waals surface area contributed by atoms with Crippen molar-refractivity contribution in [1.29, 1.82) is 5.26 Å². The summed E-state index contributed by atoms with van der Waals surface area (Å²) in [5.74, 6) is 0. The summed E-state index contributed by atoms with van der Waals surface area (Å²) in [6, 6.07) is 7.77. The standard InChI is InChI=1S/C12H15BrN2O/c1-9(16)4-3-7-15-12-6-2-5-11(13)10(12)8-14/h2,5-6,9,15-16H,3-4,7H2,1H3. The van der Waals surface area contributed by atoms with Crippen LogP contribution in [0.15, 0.2) is 22.7 Å². The first-order valence-corrected chi connectivity index (χ1v) is 6.05. The number of hydrogen-bond donors (Lipinski definition) is 2. The third-order valence-electron chi connectivity index (χ3n) is 2.24. The van der Waals surface area contributed by atoms with Gasteiger partial charge in [-0.15, -0.1) is 0 Å². The van der Waals surface area contributed by atoms with Gasteiger partial charge in [0, 0.05) is 11.0 Å². The van der Waals surface area contributed by atoms with E-state index in [1.807, 2.05) is 18.2 Å². The number of aliphatic hydroxyl groups excluding tert-OH is 1. The molecule has 16 heavy (non-hydrogen) atoms. The summed E-state index contributed by atoms with van der Waals surface area (Å²) in [5, 5.41) is 21.3. The lowest BCUT2D eigenvalue weighted by Gasteiger charge is -2.09. The van der Waals surface area contributed by atoms with Gasteiger partial charge >= 0.3 is 0 Å². The molecule has 1 atom stereocenters.